The molecule has 0 aromatic rings. The van der Waals surface area contributed by atoms with Crippen molar-refractivity contribution in [2.45, 2.75) is 71.9 Å². The van der Waals surface area contributed by atoms with E-state index in [2.05, 4.69) is 25.4 Å². The molecule has 0 heterocycles. The Labute approximate surface area is 107 Å². The SMILES string of the molecule is CC.CSCCC1CCC(NC(C)C)CC1. The molecule has 16 heavy (non-hydrogen) atoms. The van der Waals surface area contributed by atoms with Gasteiger partial charge in [-0.2, -0.15) is 11.8 Å². The maximum Gasteiger partial charge on any atom is 0.00696 e. The van der Waals surface area contributed by atoms with Crippen molar-refractivity contribution in [1.82, 2.24) is 5.32 Å². The molecule has 1 aliphatic rings. The van der Waals surface area contributed by atoms with Gasteiger partial charge in [0.05, 0.1) is 0 Å². The molecule has 1 rings (SSSR count). The van der Waals surface area contributed by atoms with E-state index in [9.17, 15) is 0 Å². The topological polar surface area (TPSA) is 12.0 Å². The van der Waals surface area contributed by atoms with Crippen molar-refractivity contribution in [3.63, 3.8) is 0 Å². The smallest absolute Gasteiger partial charge is 0.00696 e. The highest BCUT2D eigenvalue weighted by atomic mass is 32.2. The minimum Gasteiger partial charge on any atom is -0.312 e. The molecule has 1 fully saturated rings. The Kier molecular flexibility index (Phi) is 10.7. The van der Waals surface area contributed by atoms with Gasteiger partial charge in [-0.3, -0.25) is 0 Å². The van der Waals surface area contributed by atoms with E-state index in [4.69, 9.17) is 0 Å². The zero-order valence-corrected chi connectivity index (χ0v) is 12.7. The van der Waals surface area contributed by atoms with E-state index >= 15 is 0 Å². The summed E-state index contributed by atoms with van der Waals surface area (Å²) in [6, 6.07) is 1.46. The standard InChI is InChI=1S/C12H25NS.C2H6/c1-10(2)13-12-6-4-11(5-7-12)8-9-14-3;1-2/h10-13H,4-9H2,1-3H3;1-2H3. The van der Waals surface area contributed by atoms with Gasteiger partial charge in [-0.05, 0) is 50.0 Å². The fourth-order valence-electron chi connectivity index (χ4n) is 2.37. The van der Waals surface area contributed by atoms with Crippen LogP contribution in [0.4, 0.5) is 0 Å². The van der Waals surface area contributed by atoms with E-state index in [-0.39, 0.29) is 0 Å². The van der Waals surface area contributed by atoms with Crippen LogP contribution in [-0.4, -0.2) is 24.1 Å². The maximum atomic E-state index is 3.65. The van der Waals surface area contributed by atoms with Crippen LogP contribution in [0.3, 0.4) is 0 Å². The van der Waals surface area contributed by atoms with Crippen molar-refractivity contribution in [3.05, 3.63) is 0 Å². The summed E-state index contributed by atoms with van der Waals surface area (Å²) in [5.41, 5.74) is 0. The third kappa shape index (κ3) is 7.56. The van der Waals surface area contributed by atoms with Gasteiger partial charge in [-0.1, -0.05) is 27.7 Å². The molecule has 98 valence electrons. The van der Waals surface area contributed by atoms with E-state index in [1.807, 2.05) is 25.6 Å². The van der Waals surface area contributed by atoms with Crippen molar-refractivity contribution in [2.75, 3.05) is 12.0 Å². The number of hydrogen-bond acceptors (Lipinski definition) is 2. The molecule has 1 nitrogen and oxygen atoms in total. The van der Waals surface area contributed by atoms with Crippen molar-refractivity contribution < 1.29 is 0 Å². The van der Waals surface area contributed by atoms with E-state index in [1.165, 1.54) is 37.9 Å². The van der Waals surface area contributed by atoms with Crippen LogP contribution in [-0.2, 0) is 0 Å². The minimum absolute atomic E-state index is 0.655. The zero-order chi connectivity index (χ0) is 12.4. The molecule has 0 aromatic carbocycles. The van der Waals surface area contributed by atoms with E-state index in [0.717, 1.165) is 12.0 Å². The van der Waals surface area contributed by atoms with Gasteiger partial charge in [0.25, 0.3) is 0 Å². The van der Waals surface area contributed by atoms with Gasteiger partial charge in [0.15, 0.2) is 0 Å². The van der Waals surface area contributed by atoms with Gasteiger partial charge < -0.3 is 5.32 Å². The molecular weight excluding hydrogens is 214 g/mol. The lowest BCUT2D eigenvalue weighted by Crippen LogP contribution is -2.37. The Morgan fingerprint density at radius 1 is 1.12 bits per heavy atom. The highest BCUT2D eigenvalue weighted by Gasteiger charge is 2.20. The first-order valence-corrected chi connectivity index (χ1v) is 8.36. The predicted molar refractivity (Wildman–Crippen MR) is 78.4 cm³/mol. The van der Waals surface area contributed by atoms with Crippen molar-refractivity contribution in [3.8, 4) is 0 Å². The molecule has 0 saturated heterocycles. The van der Waals surface area contributed by atoms with Crippen LogP contribution in [0.5, 0.6) is 0 Å². The van der Waals surface area contributed by atoms with Gasteiger partial charge in [-0.15, -0.1) is 0 Å². The van der Waals surface area contributed by atoms with Crippen LogP contribution in [0, 0.1) is 5.92 Å². The minimum atomic E-state index is 0.655. The highest BCUT2D eigenvalue weighted by molar-refractivity contribution is 7.98. The van der Waals surface area contributed by atoms with Crippen LogP contribution in [0.1, 0.15) is 59.8 Å². The molecule has 1 N–H and O–H groups in total. The first-order valence-electron chi connectivity index (χ1n) is 6.97. The lowest BCUT2D eigenvalue weighted by molar-refractivity contribution is 0.277. The van der Waals surface area contributed by atoms with Crippen molar-refractivity contribution in [1.29, 1.82) is 0 Å². The van der Waals surface area contributed by atoms with E-state index < -0.39 is 0 Å². The molecular formula is C14H31NS. The van der Waals surface area contributed by atoms with Crippen LogP contribution in [0.2, 0.25) is 0 Å². The van der Waals surface area contributed by atoms with E-state index in [0.29, 0.717) is 6.04 Å². The van der Waals surface area contributed by atoms with Gasteiger partial charge in [-0.25, -0.2) is 0 Å². The summed E-state index contributed by atoms with van der Waals surface area (Å²) in [4.78, 5) is 0. The summed E-state index contributed by atoms with van der Waals surface area (Å²) in [6.07, 6.45) is 9.35. The van der Waals surface area contributed by atoms with E-state index in [1.54, 1.807) is 0 Å². The van der Waals surface area contributed by atoms with Gasteiger partial charge >= 0.3 is 0 Å². The fourth-order valence-corrected chi connectivity index (χ4v) is 2.94. The Morgan fingerprint density at radius 3 is 2.12 bits per heavy atom. The predicted octanol–water partition coefficient (Wildman–Crippen LogP) is 4.32. The second kappa shape index (κ2) is 10.5. The Bertz CT molecular complexity index is 140. The lowest BCUT2D eigenvalue weighted by atomic mass is 9.84. The molecule has 0 aliphatic heterocycles. The largest absolute Gasteiger partial charge is 0.312 e. The molecule has 1 saturated carbocycles. The Morgan fingerprint density at radius 2 is 1.69 bits per heavy atom. The summed E-state index contributed by atoms with van der Waals surface area (Å²) in [5.74, 6) is 2.38. The second-order valence-electron chi connectivity index (χ2n) is 4.82. The molecule has 0 unspecified atom stereocenters. The van der Waals surface area contributed by atoms with Gasteiger partial charge in [0, 0.05) is 12.1 Å². The summed E-state index contributed by atoms with van der Waals surface area (Å²) in [5, 5.41) is 3.65. The average molecular weight is 245 g/mol. The highest BCUT2D eigenvalue weighted by Crippen LogP contribution is 2.27. The van der Waals surface area contributed by atoms with Crippen LogP contribution >= 0.6 is 11.8 Å². The third-order valence-electron chi connectivity index (χ3n) is 3.15. The molecule has 0 bridgehead atoms. The van der Waals surface area contributed by atoms with Crippen LogP contribution in [0.25, 0.3) is 0 Å². The molecule has 0 atom stereocenters. The normalized spacial score (nSPS) is 25.1. The first kappa shape index (κ1) is 16.3. The summed E-state index contributed by atoms with van der Waals surface area (Å²) < 4.78 is 0. The van der Waals surface area contributed by atoms with Gasteiger partial charge in [0.1, 0.15) is 0 Å². The summed E-state index contributed by atoms with van der Waals surface area (Å²) in [6.45, 7) is 8.50. The number of hydrogen-bond donors (Lipinski definition) is 1. The molecule has 2 heteroatoms. The molecule has 0 aromatic heterocycles. The summed E-state index contributed by atoms with van der Waals surface area (Å²) >= 11 is 1.99. The molecule has 0 amide bonds. The second-order valence-corrected chi connectivity index (χ2v) is 5.81. The van der Waals surface area contributed by atoms with Crippen molar-refractivity contribution >= 4 is 11.8 Å². The Hall–Kier alpha value is 0.310. The molecule has 0 spiro atoms. The molecule has 1 aliphatic carbocycles. The quantitative estimate of drug-likeness (QED) is 0.774. The van der Waals surface area contributed by atoms with Crippen LogP contribution < -0.4 is 5.32 Å². The van der Waals surface area contributed by atoms with Crippen LogP contribution in [0.15, 0.2) is 0 Å². The summed E-state index contributed by atoms with van der Waals surface area (Å²) in [7, 11) is 0. The fraction of sp³-hybridized carbons (Fsp3) is 1.00. The number of rotatable bonds is 5. The van der Waals surface area contributed by atoms with Crippen molar-refractivity contribution in [2.24, 2.45) is 5.92 Å². The number of thioether (sulfide) groups is 1. The maximum absolute atomic E-state index is 3.65. The lowest BCUT2D eigenvalue weighted by Gasteiger charge is -2.30. The van der Waals surface area contributed by atoms with Gasteiger partial charge in [0.2, 0.25) is 0 Å². The Balaban J connectivity index is 0.00000106. The third-order valence-corrected chi connectivity index (χ3v) is 3.79. The zero-order valence-electron chi connectivity index (χ0n) is 11.9. The molecule has 0 radical (unpaired) electrons. The first-order chi connectivity index (χ1) is 7.72. The monoisotopic (exact) mass is 245 g/mol. The average Bonchev–Trinajstić information content (AvgIpc) is 2.30. The number of nitrogens with one attached hydrogen (secondary N) is 1.